The molecule has 2 N–H and O–H groups in total. The molecule has 1 aromatic rings. The number of hydrogen-bond acceptors (Lipinski definition) is 2. The monoisotopic (exact) mass is 260 g/mol. The van der Waals surface area contributed by atoms with Gasteiger partial charge in [0, 0.05) is 18.3 Å². The molecule has 1 aliphatic rings. The maximum atomic E-state index is 12.4. The molecular weight excluding hydrogens is 236 g/mol. The molecule has 0 aliphatic heterocycles. The van der Waals surface area contributed by atoms with E-state index in [2.05, 4.69) is 18.7 Å². The van der Waals surface area contributed by atoms with E-state index >= 15 is 0 Å². The van der Waals surface area contributed by atoms with Crippen molar-refractivity contribution in [2.24, 2.45) is 5.92 Å². The van der Waals surface area contributed by atoms with Crippen LogP contribution in [-0.2, 0) is 11.2 Å². The second kappa shape index (κ2) is 6.09. The lowest BCUT2D eigenvalue weighted by atomic mass is 10.1. The van der Waals surface area contributed by atoms with E-state index in [1.165, 1.54) is 0 Å². The molecule has 104 valence electrons. The zero-order chi connectivity index (χ0) is 13.8. The van der Waals surface area contributed by atoms with Gasteiger partial charge in [-0.15, -0.1) is 0 Å². The minimum atomic E-state index is 0.223. The molecule has 0 spiro atoms. The van der Waals surface area contributed by atoms with Gasteiger partial charge in [-0.1, -0.05) is 32.0 Å². The van der Waals surface area contributed by atoms with Crippen LogP contribution in [0.1, 0.15) is 38.7 Å². The van der Waals surface area contributed by atoms with Crippen molar-refractivity contribution < 1.29 is 4.79 Å². The number of anilines is 1. The smallest absolute Gasteiger partial charge is 0.227 e. The van der Waals surface area contributed by atoms with Crippen molar-refractivity contribution in [1.29, 1.82) is 0 Å². The maximum absolute atomic E-state index is 12.4. The van der Waals surface area contributed by atoms with Crippen molar-refractivity contribution in [2.45, 2.75) is 45.6 Å². The Hall–Kier alpha value is -1.51. The Labute approximate surface area is 115 Å². The van der Waals surface area contributed by atoms with E-state index in [0.717, 1.165) is 37.1 Å². The summed E-state index contributed by atoms with van der Waals surface area (Å²) in [5, 5.41) is 0. The number of hydrogen-bond donors (Lipinski definition) is 1. The third-order valence-corrected chi connectivity index (χ3v) is 3.65. The molecule has 0 atom stereocenters. The van der Waals surface area contributed by atoms with Gasteiger partial charge < -0.3 is 10.6 Å². The molecule has 1 aromatic carbocycles. The number of para-hydroxylation sites is 1. The summed E-state index contributed by atoms with van der Waals surface area (Å²) < 4.78 is 0. The Morgan fingerprint density at radius 2 is 2.05 bits per heavy atom. The second-order valence-electron chi connectivity index (χ2n) is 5.88. The van der Waals surface area contributed by atoms with Crippen LogP contribution in [-0.4, -0.2) is 23.4 Å². The molecule has 0 heterocycles. The van der Waals surface area contributed by atoms with Crippen LogP contribution < -0.4 is 5.73 Å². The molecule has 2 rings (SSSR count). The van der Waals surface area contributed by atoms with Crippen LogP contribution >= 0.6 is 0 Å². The van der Waals surface area contributed by atoms with Gasteiger partial charge in [0.1, 0.15) is 0 Å². The molecule has 1 fully saturated rings. The highest BCUT2D eigenvalue weighted by molar-refractivity contribution is 5.81. The Morgan fingerprint density at radius 1 is 1.37 bits per heavy atom. The van der Waals surface area contributed by atoms with Gasteiger partial charge in [0.2, 0.25) is 5.91 Å². The minimum Gasteiger partial charge on any atom is -0.398 e. The lowest BCUT2D eigenvalue weighted by Crippen LogP contribution is -2.35. The van der Waals surface area contributed by atoms with E-state index in [9.17, 15) is 4.79 Å². The lowest BCUT2D eigenvalue weighted by Gasteiger charge is -2.23. The highest BCUT2D eigenvalue weighted by atomic mass is 16.2. The first-order chi connectivity index (χ1) is 9.08. The van der Waals surface area contributed by atoms with E-state index in [0.29, 0.717) is 18.4 Å². The van der Waals surface area contributed by atoms with Crippen molar-refractivity contribution in [1.82, 2.24) is 4.90 Å². The van der Waals surface area contributed by atoms with Gasteiger partial charge in [0.15, 0.2) is 0 Å². The molecule has 1 aliphatic carbocycles. The first-order valence-electron chi connectivity index (χ1n) is 7.20. The summed E-state index contributed by atoms with van der Waals surface area (Å²) in [6.45, 7) is 5.28. The Bertz CT molecular complexity index is 438. The molecule has 1 amide bonds. The average Bonchev–Trinajstić information content (AvgIpc) is 3.16. The topological polar surface area (TPSA) is 46.3 Å². The van der Waals surface area contributed by atoms with Crippen molar-refractivity contribution >= 4 is 11.6 Å². The van der Waals surface area contributed by atoms with Crippen molar-refractivity contribution in [3.05, 3.63) is 29.8 Å². The number of amides is 1. The van der Waals surface area contributed by atoms with Crippen LogP contribution in [0.4, 0.5) is 5.69 Å². The largest absolute Gasteiger partial charge is 0.398 e. The molecule has 0 aromatic heterocycles. The van der Waals surface area contributed by atoms with Crippen molar-refractivity contribution in [2.75, 3.05) is 12.3 Å². The molecule has 0 radical (unpaired) electrons. The second-order valence-corrected chi connectivity index (χ2v) is 5.88. The van der Waals surface area contributed by atoms with E-state index in [1.807, 2.05) is 24.3 Å². The molecule has 3 heteroatoms. The van der Waals surface area contributed by atoms with Crippen LogP contribution in [0.15, 0.2) is 24.3 Å². The van der Waals surface area contributed by atoms with Crippen LogP contribution in [0, 0.1) is 5.92 Å². The molecular formula is C16H24N2O. The Balaban J connectivity index is 1.98. The van der Waals surface area contributed by atoms with Crippen molar-refractivity contribution in [3.63, 3.8) is 0 Å². The highest BCUT2D eigenvalue weighted by Crippen LogP contribution is 2.28. The normalized spacial score (nSPS) is 14.7. The molecule has 1 saturated carbocycles. The number of carbonyl (C=O) groups excluding carboxylic acids is 1. The summed E-state index contributed by atoms with van der Waals surface area (Å²) in [5.41, 5.74) is 7.58. The standard InChI is InChI=1S/C16H24N2O/c1-12(2)9-10-18(14-7-8-14)16(19)11-13-5-3-4-6-15(13)17/h3-6,12,14H,7-11,17H2,1-2H3. The van der Waals surface area contributed by atoms with Crippen molar-refractivity contribution in [3.8, 4) is 0 Å². The zero-order valence-electron chi connectivity index (χ0n) is 11.9. The molecule has 19 heavy (non-hydrogen) atoms. The number of nitrogens with two attached hydrogens (primary N) is 1. The summed E-state index contributed by atoms with van der Waals surface area (Å²) in [6, 6.07) is 8.13. The average molecular weight is 260 g/mol. The molecule has 3 nitrogen and oxygen atoms in total. The fraction of sp³-hybridized carbons (Fsp3) is 0.562. The fourth-order valence-corrected chi connectivity index (χ4v) is 2.25. The Morgan fingerprint density at radius 3 is 2.63 bits per heavy atom. The van der Waals surface area contributed by atoms with Crippen LogP contribution in [0.3, 0.4) is 0 Å². The van der Waals surface area contributed by atoms with E-state index in [-0.39, 0.29) is 5.91 Å². The number of benzene rings is 1. The maximum Gasteiger partial charge on any atom is 0.227 e. The van der Waals surface area contributed by atoms with Gasteiger partial charge in [-0.25, -0.2) is 0 Å². The van der Waals surface area contributed by atoms with Gasteiger partial charge in [-0.2, -0.15) is 0 Å². The zero-order valence-corrected chi connectivity index (χ0v) is 11.9. The summed E-state index contributed by atoms with van der Waals surface area (Å²) in [7, 11) is 0. The molecule has 0 unspecified atom stereocenters. The Kier molecular flexibility index (Phi) is 4.46. The van der Waals surface area contributed by atoms with E-state index in [4.69, 9.17) is 5.73 Å². The number of nitrogens with zero attached hydrogens (tertiary/aromatic N) is 1. The lowest BCUT2D eigenvalue weighted by molar-refractivity contribution is -0.131. The fourth-order valence-electron chi connectivity index (χ4n) is 2.25. The van der Waals surface area contributed by atoms with Gasteiger partial charge in [0.05, 0.1) is 6.42 Å². The summed E-state index contributed by atoms with van der Waals surface area (Å²) >= 11 is 0. The third-order valence-electron chi connectivity index (χ3n) is 3.65. The van der Waals surface area contributed by atoms with Gasteiger partial charge >= 0.3 is 0 Å². The quantitative estimate of drug-likeness (QED) is 0.799. The van der Waals surface area contributed by atoms with Crippen LogP contribution in [0.25, 0.3) is 0 Å². The predicted molar refractivity (Wildman–Crippen MR) is 78.7 cm³/mol. The first-order valence-corrected chi connectivity index (χ1v) is 7.20. The third kappa shape index (κ3) is 3.98. The van der Waals surface area contributed by atoms with Crippen LogP contribution in [0.5, 0.6) is 0 Å². The number of rotatable bonds is 6. The highest BCUT2D eigenvalue weighted by Gasteiger charge is 2.32. The molecule has 0 bridgehead atoms. The van der Waals surface area contributed by atoms with E-state index < -0.39 is 0 Å². The van der Waals surface area contributed by atoms with Gasteiger partial charge in [-0.05, 0) is 36.8 Å². The minimum absolute atomic E-state index is 0.223. The first kappa shape index (κ1) is 13.9. The summed E-state index contributed by atoms with van der Waals surface area (Å²) in [6.07, 6.45) is 3.83. The number of carbonyl (C=O) groups is 1. The summed E-state index contributed by atoms with van der Waals surface area (Å²) in [4.78, 5) is 14.5. The molecule has 0 saturated heterocycles. The van der Waals surface area contributed by atoms with Gasteiger partial charge in [0.25, 0.3) is 0 Å². The van der Waals surface area contributed by atoms with Crippen LogP contribution in [0.2, 0.25) is 0 Å². The predicted octanol–water partition coefficient (Wildman–Crippen LogP) is 2.85. The van der Waals surface area contributed by atoms with E-state index in [1.54, 1.807) is 0 Å². The summed E-state index contributed by atoms with van der Waals surface area (Å²) in [5.74, 6) is 0.858. The SMILES string of the molecule is CC(C)CCN(C(=O)Cc1ccccc1N)C1CC1. The van der Waals surface area contributed by atoms with Gasteiger partial charge in [-0.3, -0.25) is 4.79 Å². The number of nitrogen functional groups attached to an aromatic ring is 1.